The Hall–Kier alpha value is -1.39. The number of nitrogens with zero attached hydrogens (tertiary/aromatic N) is 1. The van der Waals surface area contributed by atoms with E-state index in [0.29, 0.717) is 6.54 Å². The van der Waals surface area contributed by atoms with E-state index in [1.54, 1.807) is 7.11 Å². The zero-order valence-electron chi connectivity index (χ0n) is 10.1. The number of amides is 1. The maximum Gasteiger partial charge on any atom is 0.248 e. The normalized spacial score (nSPS) is 20.3. The van der Waals surface area contributed by atoms with Crippen LogP contribution in [0.5, 0.6) is 0 Å². The molecule has 0 bridgehead atoms. The summed E-state index contributed by atoms with van der Waals surface area (Å²) in [6, 6.07) is 10.4. The lowest BCUT2D eigenvalue weighted by Crippen LogP contribution is -2.49. The lowest BCUT2D eigenvalue weighted by molar-refractivity contribution is -0.136. The van der Waals surface area contributed by atoms with E-state index < -0.39 is 0 Å². The second kappa shape index (κ2) is 5.80. The number of rotatable bonds is 3. The smallest absolute Gasteiger partial charge is 0.248 e. The molecule has 0 saturated carbocycles. The lowest BCUT2D eigenvalue weighted by Gasteiger charge is -2.33. The molecule has 4 heteroatoms. The van der Waals surface area contributed by atoms with Crippen LogP contribution in [0.2, 0.25) is 0 Å². The van der Waals surface area contributed by atoms with E-state index in [1.807, 2.05) is 23.1 Å². The maximum atomic E-state index is 11.7. The summed E-state index contributed by atoms with van der Waals surface area (Å²) in [4.78, 5) is 13.6. The van der Waals surface area contributed by atoms with Crippen LogP contribution < -0.4 is 5.32 Å². The molecule has 1 fully saturated rings. The van der Waals surface area contributed by atoms with Gasteiger partial charge in [0.2, 0.25) is 5.91 Å². The molecule has 1 unspecified atom stereocenters. The quantitative estimate of drug-likeness (QED) is 0.841. The molecule has 1 aromatic rings. The minimum absolute atomic E-state index is 0.0648. The molecule has 2 rings (SSSR count). The van der Waals surface area contributed by atoms with E-state index in [4.69, 9.17) is 4.74 Å². The highest BCUT2D eigenvalue weighted by Crippen LogP contribution is 2.16. The Kier molecular flexibility index (Phi) is 4.12. The third kappa shape index (κ3) is 3.05. The van der Waals surface area contributed by atoms with Crippen molar-refractivity contribution in [3.05, 3.63) is 35.9 Å². The fourth-order valence-corrected chi connectivity index (χ4v) is 2.10. The van der Waals surface area contributed by atoms with Gasteiger partial charge in [-0.15, -0.1) is 0 Å². The van der Waals surface area contributed by atoms with E-state index in [-0.39, 0.29) is 18.6 Å². The van der Waals surface area contributed by atoms with E-state index in [1.165, 1.54) is 5.56 Å². The van der Waals surface area contributed by atoms with Crippen molar-refractivity contribution in [1.82, 2.24) is 10.2 Å². The predicted octanol–water partition coefficient (Wildman–Crippen LogP) is 0.806. The van der Waals surface area contributed by atoms with Crippen molar-refractivity contribution in [2.24, 2.45) is 0 Å². The van der Waals surface area contributed by atoms with Gasteiger partial charge in [-0.1, -0.05) is 30.3 Å². The Bertz CT molecular complexity index is 367. The summed E-state index contributed by atoms with van der Waals surface area (Å²) in [7, 11) is 1.55. The Morgan fingerprint density at radius 2 is 2.24 bits per heavy atom. The fourth-order valence-electron chi connectivity index (χ4n) is 2.10. The molecule has 1 aliphatic heterocycles. The SMILES string of the molecule is COCC(=O)N1CCNC(c2ccccc2)C1. The summed E-state index contributed by atoms with van der Waals surface area (Å²) in [5, 5.41) is 3.43. The molecule has 92 valence electrons. The molecule has 1 amide bonds. The molecule has 0 spiro atoms. The molecular formula is C13H18N2O2. The molecule has 1 atom stereocenters. The van der Waals surface area contributed by atoms with Crippen LogP contribution in [0.4, 0.5) is 0 Å². The zero-order chi connectivity index (χ0) is 12.1. The van der Waals surface area contributed by atoms with Crippen LogP contribution >= 0.6 is 0 Å². The van der Waals surface area contributed by atoms with Gasteiger partial charge in [-0.25, -0.2) is 0 Å². The number of carbonyl (C=O) groups is 1. The van der Waals surface area contributed by atoms with Crippen LogP contribution in [-0.4, -0.2) is 44.2 Å². The first kappa shape index (κ1) is 12.1. The standard InChI is InChI=1S/C13H18N2O2/c1-17-10-13(16)15-8-7-14-12(9-15)11-5-3-2-4-6-11/h2-6,12,14H,7-10H2,1H3. The number of hydrogen-bond donors (Lipinski definition) is 1. The molecule has 0 aromatic heterocycles. The number of benzene rings is 1. The second-order valence-corrected chi connectivity index (χ2v) is 4.19. The monoisotopic (exact) mass is 234 g/mol. The van der Waals surface area contributed by atoms with Crippen molar-refractivity contribution in [3.63, 3.8) is 0 Å². The predicted molar refractivity (Wildman–Crippen MR) is 65.6 cm³/mol. The first-order chi connectivity index (χ1) is 8.31. The summed E-state index contributed by atoms with van der Waals surface area (Å²) < 4.78 is 4.89. The van der Waals surface area contributed by atoms with Crippen LogP contribution in [-0.2, 0) is 9.53 Å². The average molecular weight is 234 g/mol. The number of methoxy groups -OCH3 is 1. The topological polar surface area (TPSA) is 41.6 Å². The van der Waals surface area contributed by atoms with Crippen molar-refractivity contribution in [2.75, 3.05) is 33.4 Å². The van der Waals surface area contributed by atoms with Crippen molar-refractivity contribution in [2.45, 2.75) is 6.04 Å². The molecule has 1 saturated heterocycles. The molecule has 1 aliphatic rings. The van der Waals surface area contributed by atoms with Crippen LogP contribution in [0.3, 0.4) is 0 Å². The van der Waals surface area contributed by atoms with Gasteiger partial charge in [0.1, 0.15) is 6.61 Å². The Balaban J connectivity index is 2.00. The highest BCUT2D eigenvalue weighted by Gasteiger charge is 2.23. The van der Waals surface area contributed by atoms with Gasteiger partial charge in [0.15, 0.2) is 0 Å². The van der Waals surface area contributed by atoms with Gasteiger partial charge in [0.25, 0.3) is 0 Å². The van der Waals surface area contributed by atoms with E-state index in [0.717, 1.165) is 13.1 Å². The number of carbonyl (C=O) groups excluding carboxylic acids is 1. The summed E-state index contributed by atoms with van der Waals surface area (Å²) in [6.45, 7) is 2.47. The summed E-state index contributed by atoms with van der Waals surface area (Å²) in [5.74, 6) is 0.0648. The van der Waals surface area contributed by atoms with Crippen molar-refractivity contribution in [1.29, 1.82) is 0 Å². The third-order valence-electron chi connectivity index (χ3n) is 3.00. The number of hydrogen-bond acceptors (Lipinski definition) is 3. The van der Waals surface area contributed by atoms with Crippen molar-refractivity contribution >= 4 is 5.91 Å². The van der Waals surface area contributed by atoms with Crippen molar-refractivity contribution in [3.8, 4) is 0 Å². The van der Waals surface area contributed by atoms with E-state index in [2.05, 4.69) is 17.4 Å². The van der Waals surface area contributed by atoms with Crippen LogP contribution in [0.1, 0.15) is 11.6 Å². The average Bonchev–Trinajstić information content (AvgIpc) is 2.40. The molecule has 1 heterocycles. The van der Waals surface area contributed by atoms with Crippen LogP contribution in [0.25, 0.3) is 0 Å². The number of ether oxygens (including phenoxy) is 1. The van der Waals surface area contributed by atoms with Gasteiger partial charge in [0.05, 0.1) is 0 Å². The van der Waals surface area contributed by atoms with Crippen LogP contribution in [0, 0.1) is 0 Å². The van der Waals surface area contributed by atoms with Gasteiger partial charge in [-0.3, -0.25) is 4.79 Å². The lowest BCUT2D eigenvalue weighted by atomic mass is 10.0. The Labute approximate surface area is 102 Å². The van der Waals surface area contributed by atoms with Gasteiger partial charge in [-0.2, -0.15) is 0 Å². The van der Waals surface area contributed by atoms with Crippen LogP contribution in [0.15, 0.2) is 30.3 Å². The molecule has 0 aliphatic carbocycles. The molecular weight excluding hydrogens is 216 g/mol. The van der Waals surface area contributed by atoms with Gasteiger partial charge in [-0.05, 0) is 5.56 Å². The van der Waals surface area contributed by atoms with E-state index in [9.17, 15) is 4.79 Å². The van der Waals surface area contributed by atoms with Gasteiger partial charge < -0.3 is 15.0 Å². The maximum absolute atomic E-state index is 11.7. The molecule has 17 heavy (non-hydrogen) atoms. The van der Waals surface area contributed by atoms with Gasteiger partial charge >= 0.3 is 0 Å². The summed E-state index contributed by atoms with van der Waals surface area (Å²) >= 11 is 0. The highest BCUT2D eigenvalue weighted by atomic mass is 16.5. The first-order valence-corrected chi connectivity index (χ1v) is 5.86. The zero-order valence-corrected chi connectivity index (χ0v) is 10.1. The number of piperazine rings is 1. The number of nitrogens with one attached hydrogen (secondary N) is 1. The first-order valence-electron chi connectivity index (χ1n) is 5.86. The minimum atomic E-state index is 0.0648. The minimum Gasteiger partial charge on any atom is -0.375 e. The highest BCUT2D eigenvalue weighted by molar-refractivity contribution is 5.77. The van der Waals surface area contributed by atoms with E-state index >= 15 is 0 Å². The van der Waals surface area contributed by atoms with Gasteiger partial charge in [0, 0.05) is 32.8 Å². The molecule has 4 nitrogen and oxygen atoms in total. The summed E-state index contributed by atoms with van der Waals surface area (Å²) in [6.07, 6.45) is 0. The summed E-state index contributed by atoms with van der Waals surface area (Å²) in [5.41, 5.74) is 1.22. The third-order valence-corrected chi connectivity index (χ3v) is 3.00. The molecule has 0 radical (unpaired) electrons. The molecule has 1 N–H and O–H groups in total. The molecule has 1 aromatic carbocycles. The second-order valence-electron chi connectivity index (χ2n) is 4.19. The van der Waals surface area contributed by atoms with Crippen molar-refractivity contribution < 1.29 is 9.53 Å². The Morgan fingerprint density at radius 3 is 2.94 bits per heavy atom. The Morgan fingerprint density at radius 1 is 1.47 bits per heavy atom. The largest absolute Gasteiger partial charge is 0.375 e. The fraction of sp³-hybridized carbons (Fsp3) is 0.462.